The van der Waals surface area contributed by atoms with Crippen molar-refractivity contribution in [3.05, 3.63) is 106 Å². The third kappa shape index (κ3) is 6.68. The summed E-state index contributed by atoms with van der Waals surface area (Å²) in [6.45, 7) is 1.57. The molecule has 3 aromatic rings. The summed E-state index contributed by atoms with van der Waals surface area (Å²) in [4.78, 5) is 11.0. The smallest absolute Gasteiger partial charge is 0.759 e. The molecular formula is C23H20F3N2NaO4S. The first-order valence-corrected chi connectivity index (χ1v) is 11.2. The minimum atomic E-state index is -4.69. The molecule has 0 spiro atoms. The molecule has 1 N–H and O–H groups in total. The quantitative estimate of drug-likeness (QED) is 0.395. The van der Waals surface area contributed by atoms with Gasteiger partial charge in [-0.3, -0.25) is 4.79 Å². The van der Waals surface area contributed by atoms with E-state index in [1.807, 2.05) is 0 Å². The van der Waals surface area contributed by atoms with Gasteiger partial charge < -0.3 is 10.7 Å². The molecule has 11 heteroatoms. The summed E-state index contributed by atoms with van der Waals surface area (Å²) < 4.78 is 67.4. The van der Waals surface area contributed by atoms with Crippen LogP contribution in [0.25, 0.3) is 0 Å². The standard InChI is InChI=1S/C23H20F3N2O4S.Na/c1-16-5-2-3-6-19(16)15-28(14-17-9-11-18(12-10-17)22(29)27-30)33(31,32)21-8-4-7-20(13-21)23(24,25)26;/h2-13H,14-15H2,1H3,(H-,27,29,30);/q-1;+1. The predicted molar refractivity (Wildman–Crippen MR) is 116 cm³/mol. The van der Waals surface area contributed by atoms with E-state index in [1.165, 1.54) is 29.7 Å². The molecule has 0 aliphatic rings. The van der Waals surface area contributed by atoms with Gasteiger partial charge in [0.15, 0.2) is 0 Å². The molecule has 0 radical (unpaired) electrons. The SMILES string of the molecule is Cc1ccccc1CN(Cc1ccc(C(=O)N[O-])cc1)S(=O)(=O)c1cccc(C(F)(F)F)c1.[Na+]. The monoisotopic (exact) mass is 500 g/mol. The zero-order chi connectivity index (χ0) is 24.2. The van der Waals surface area contributed by atoms with Crippen LogP contribution in [0.5, 0.6) is 0 Å². The summed E-state index contributed by atoms with van der Waals surface area (Å²) >= 11 is 0. The van der Waals surface area contributed by atoms with E-state index in [9.17, 15) is 31.6 Å². The summed E-state index contributed by atoms with van der Waals surface area (Å²) in [6, 6.07) is 16.4. The number of nitrogens with one attached hydrogen (secondary N) is 1. The number of carbonyl (C=O) groups is 1. The van der Waals surface area contributed by atoms with E-state index in [0.29, 0.717) is 17.2 Å². The molecule has 0 aromatic heterocycles. The molecule has 1 amide bonds. The molecule has 0 atom stereocenters. The van der Waals surface area contributed by atoms with Gasteiger partial charge in [0, 0.05) is 18.7 Å². The first kappa shape index (κ1) is 28.0. The van der Waals surface area contributed by atoms with Crippen molar-refractivity contribution in [1.82, 2.24) is 9.79 Å². The summed E-state index contributed by atoms with van der Waals surface area (Å²) in [5, 5.41) is 10.5. The number of sulfonamides is 1. The number of amides is 1. The van der Waals surface area contributed by atoms with Gasteiger partial charge in [0.25, 0.3) is 0 Å². The maximum absolute atomic E-state index is 13.4. The average molecular weight is 500 g/mol. The van der Waals surface area contributed by atoms with Gasteiger partial charge in [-0.05, 0) is 53.9 Å². The number of nitrogens with zero attached hydrogens (tertiary/aromatic N) is 1. The number of carbonyl (C=O) groups excluding carboxylic acids is 1. The second-order valence-electron chi connectivity index (χ2n) is 7.35. The molecule has 6 nitrogen and oxygen atoms in total. The van der Waals surface area contributed by atoms with Crippen molar-refractivity contribution >= 4 is 15.9 Å². The zero-order valence-corrected chi connectivity index (χ0v) is 21.3. The molecule has 0 unspecified atom stereocenters. The molecule has 0 heterocycles. The van der Waals surface area contributed by atoms with Crippen LogP contribution in [0, 0.1) is 12.1 Å². The van der Waals surface area contributed by atoms with Crippen molar-refractivity contribution < 1.29 is 55.9 Å². The number of alkyl halides is 3. The third-order valence-corrected chi connectivity index (χ3v) is 6.86. The normalized spacial score (nSPS) is 11.7. The minimum Gasteiger partial charge on any atom is -0.759 e. The van der Waals surface area contributed by atoms with Gasteiger partial charge in [0.2, 0.25) is 15.9 Å². The van der Waals surface area contributed by atoms with Crippen LogP contribution in [0.15, 0.2) is 77.7 Å². The van der Waals surface area contributed by atoms with Crippen LogP contribution in [-0.4, -0.2) is 18.6 Å². The van der Waals surface area contributed by atoms with Crippen LogP contribution in [0.3, 0.4) is 0 Å². The van der Waals surface area contributed by atoms with E-state index >= 15 is 0 Å². The Balaban J connectivity index is 0.00000408. The fourth-order valence-electron chi connectivity index (χ4n) is 3.21. The molecule has 3 aromatic carbocycles. The van der Waals surface area contributed by atoms with Crippen molar-refractivity contribution in [2.24, 2.45) is 0 Å². The summed E-state index contributed by atoms with van der Waals surface area (Å²) in [7, 11) is -4.32. The Kier molecular flexibility index (Phi) is 9.46. The van der Waals surface area contributed by atoms with Gasteiger partial charge in [-0.15, -0.1) is 0 Å². The fourth-order valence-corrected chi connectivity index (χ4v) is 4.66. The molecule has 34 heavy (non-hydrogen) atoms. The molecule has 0 saturated heterocycles. The Morgan fingerprint density at radius 2 is 1.62 bits per heavy atom. The molecule has 0 saturated carbocycles. The number of hydroxylamine groups is 1. The van der Waals surface area contributed by atoms with E-state index in [-0.39, 0.29) is 48.2 Å². The summed E-state index contributed by atoms with van der Waals surface area (Å²) in [5.41, 5.74) is 2.29. The first-order chi connectivity index (χ1) is 15.5. The second-order valence-corrected chi connectivity index (χ2v) is 9.29. The van der Waals surface area contributed by atoms with Crippen molar-refractivity contribution in [3.8, 4) is 0 Å². The number of rotatable bonds is 7. The van der Waals surface area contributed by atoms with Crippen LogP contribution < -0.4 is 35.0 Å². The number of hydrogen-bond donors (Lipinski definition) is 1. The van der Waals surface area contributed by atoms with E-state index in [1.54, 1.807) is 31.2 Å². The van der Waals surface area contributed by atoms with Gasteiger partial charge in [0.05, 0.1) is 10.5 Å². The Morgan fingerprint density at radius 3 is 2.21 bits per heavy atom. The summed E-state index contributed by atoms with van der Waals surface area (Å²) in [5.74, 6) is -0.838. The maximum atomic E-state index is 13.4. The van der Waals surface area contributed by atoms with Crippen LogP contribution >= 0.6 is 0 Å². The molecule has 0 fully saturated rings. The van der Waals surface area contributed by atoms with Crippen LogP contribution in [0.1, 0.15) is 32.6 Å². The summed E-state index contributed by atoms with van der Waals surface area (Å²) in [6.07, 6.45) is -4.69. The molecule has 174 valence electrons. The third-order valence-electron chi connectivity index (χ3n) is 5.07. The predicted octanol–water partition coefficient (Wildman–Crippen LogP) is 1.64. The zero-order valence-electron chi connectivity index (χ0n) is 18.5. The Hall–Kier alpha value is -2.21. The van der Waals surface area contributed by atoms with Gasteiger partial charge in [-0.1, -0.05) is 42.5 Å². The van der Waals surface area contributed by atoms with E-state index in [4.69, 9.17) is 0 Å². The Labute approximate surface area is 217 Å². The Morgan fingerprint density at radius 1 is 0.971 bits per heavy atom. The van der Waals surface area contributed by atoms with Crippen LogP contribution in [0.2, 0.25) is 0 Å². The van der Waals surface area contributed by atoms with Crippen molar-refractivity contribution in [1.29, 1.82) is 0 Å². The van der Waals surface area contributed by atoms with Crippen molar-refractivity contribution in [2.75, 3.05) is 0 Å². The maximum Gasteiger partial charge on any atom is 1.00 e. The van der Waals surface area contributed by atoms with Gasteiger partial charge in [-0.2, -0.15) is 17.5 Å². The minimum absolute atomic E-state index is 0. The van der Waals surface area contributed by atoms with Crippen molar-refractivity contribution in [3.63, 3.8) is 0 Å². The van der Waals surface area contributed by atoms with E-state index < -0.39 is 32.6 Å². The van der Waals surface area contributed by atoms with Gasteiger partial charge >= 0.3 is 35.7 Å². The van der Waals surface area contributed by atoms with Crippen LogP contribution in [-0.2, 0) is 29.3 Å². The molecule has 0 aliphatic carbocycles. The van der Waals surface area contributed by atoms with E-state index in [2.05, 4.69) is 0 Å². The van der Waals surface area contributed by atoms with Gasteiger partial charge in [0.1, 0.15) is 0 Å². The Bertz CT molecular complexity index is 1250. The molecular weight excluding hydrogens is 480 g/mol. The number of benzene rings is 3. The molecule has 0 aliphatic heterocycles. The first-order valence-electron chi connectivity index (χ1n) is 9.75. The largest absolute Gasteiger partial charge is 1.00 e. The van der Waals surface area contributed by atoms with Crippen LogP contribution in [0.4, 0.5) is 13.2 Å². The van der Waals surface area contributed by atoms with Gasteiger partial charge in [-0.25, -0.2) is 8.42 Å². The molecule has 0 bridgehead atoms. The average Bonchev–Trinajstić information content (AvgIpc) is 2.79. The topological polar surface area (TPSA) is 89.5 Å². The number of halogens is 3. The number of hydrogen-bond acceptors (Lipinski definition) is 4. The second kappa shape index (κ2) is 11.5. The fraction of sp³-hybridized carbons (Fsp3) is 0.174. The van der Waals surface area contributed by atoms with Crippen molar-refractivity contribution in [2.45, 2.75) is 31.1 Å². The van der Waals surface area contributed by atoms with E-state index in [0.717, 1.165) is 28.1 Å². The number of aryl methyl sites for hydroxylation is 1. The molecule has 3 rings (SSSR count).